The Kier molecular flexibility index (Phi) is 33.0. The van der Waals surface area contributed by atoms with E-state index in [1.54, 1.807) is 0 Å². The topological polar surface area (TPSA) is 27.7 Å². The highest BCUT2D eigenvalue weighted by Crippen LogP contribution is 2.23. The molecule has 0 heterocycles. The van der Waals surface area contributed by atoms with E-state index < -0.39 is 0 Å². The first-order valence-electron chi connectivity index (χ1n) is 21.3. The summed E-state index contributed by atoms with van der Waals surface area (Å²) < 4.78 is 18.6. The number of hydrogen-bond donors (Lipinski definition) is 0. The van der Waals surface area contributed by atoms with Crippen LogP contribution in [0.5, 0.6) is 0 Å². The predicted molar refractivity (Wildman–Crippen MR) is 219 cm³/mol. The molecule has 4 atom stereocenters. The molecule has 0 fully saturated rings. The van der Waals surface area contributed by atoms with Crippen molar-refractivity contribution in [3.05, 3.63) is 35.9 Å². The lowest BCUT2D eigenvalue weighted by Gasteiger charge is -2.19. The number of halogens is 1. The fourth-order valence-electron chi connectivity index (χ4n) is 6.85. The number of ether oxygens (including phenoxy) is 3. The summed E-state index contributed by atoms with van der Waals surface area (Å²) in [6.07, 6.45) is 31.4. The molecular formula is C45H83BrO3. The lowest BCUT2D eigenvalue weighted by Crippen LogP contribution is -2.26. The maximum absolute atomic E-state index is 6.31. The van der Waals surface area contributed by atoms with Gasteiger partial charge in [-0.3, -0.25) is 0 Å². The van der Waals surface area contributed by atoms with Gasteiger partial charge in [0.2, 0.25) is 0 Å². The van der Waals surface area contributed by atoms with Crippen LogP contribution >= 0.6 is 15.9 Å². The van der Waals surface area contributed by atoms with E-state index in [0.717, 1.165) is 55.1 Å². The molecule has 0 saturated carbocycles. The standard InChI is InChI=1S/C45H83BrO3/c1-40(2)25-22-26-41(3)27-23-28-42(4)29-24-30-43(5)33-36-47-38-45(39-48-37-44-31-18-17-19-32-44)49-35-21-16-14-12-10-8-6-7-9-11-13-15-20-34-46/h17-19,31-32,40-43,45H,6-16,20-30,33-39H2,1-5H3. The lowest BCUT2D eigenvalue weighted by molar-refractivity contribution is -0.0653. The van der Waals surface area contributed by atoms with Crippen LogP contribution in [0.3, 0.4) is 0 Å². The van der Waals surface area contributed by atoms with Crippen LogP contribution in [0.4, 0.5) is 0 Å². The highest BCUT2D eigenvalue weighted by Gasteiger charge is 2.12. The second kappa shape index (κ2) is 34.7. The number of unbranched alkanes of at least 4 members (excludes halogenated alkanes) is 12. The first kappa shape index (κ1) is 46.6. The average molecular weight is 752 g/mol. The quantitative estimate of drug-likeness (QED) is 0.0500. The fourth-order valence-corrected chi connectivity index (χ4v) is 7.25. The van der Waals surface area contributed by atoms with E-state index in [2.05, 4.69) is 80.9 Å². The van der Waals surface area contributed by atoms with E-state index in [4.69, 9.17) is 14.2 Å². The summed E-state index contributed by atoms with van der Waals surface area (Å²) in [5.41, 5.74) is 1.21. The molecule has 4 heteroatoms. The Morgan fingerprint density at radius 2 is 0.918 bits per heavy atom. The number of hydrogen-bond acceptors (Lipinski definition) is 3. The molecule has 288 valence electrons. The van der Waals surface area contributed by atoms with Crippen molar-refractivity contribution < 1.29 is 14.2 Å². The second-order valence-corrected chi connectivity index (χ2v) is 16.9. The monoisotopic (exact) mass is 751 g/mol. The van der Waals surface area contributed by atoms with Gasteiger partial charge in [-0.25, -0.2) is 0 Å². The normalized spacial score (nSPS) is 14.3. The third-order valence-corrected chi connectivity index (χ3v) is 10.9. The van der Waals surface area contributed by atoms with E-state index >= 15 is 0 Å². The lowest BCUT2D eigenvalue weighted by atomic mass is 9.91. The smallest absolute Gasteiger partial charge is 0.104 e. The minimum Gasteiger partial charge on any atom is -0.379 e. The molecule has 0 aliphatic rings. The molecule has 1 aromatic rings. The first-order chi connectivity index (χ1) is 23.9. The van der Waals surface area contributed by atoms with E-state index in [1.165, 1.54) is 140 Å². The van der Waals surface area contributed by atoms with Crippen LogP contribution in [0.15, 0.2) is 30.3 Å². The van der Waals surface area contributed by atoms with Crippen LogP contribution in [-0.2, 0) is 20.8 Å². The van der Waals surface area contributed by atoms with Crippen LogP contribution in [0, 0.1) is 23.7 Å². The SMILES string of the molecule is CC(C)CCCC(C)CCCC(C)CCCC(C)CCOCC(COCc1ccccc1)OCCCCCCCCCCCCCCCBr. The molecule has 0 aromatic heterocycles. The molecule has 0 radical (unpaired) electrons. The number of rotatable bonds is 37. The average Bonchev–Trinajstić information content (AvgIpc) is 3.08. The summed E-state index contributed by atoms with van der Waals surface area (Å²) in [6.45, 7) is 15.5. The van der Waals surface area contributed by atoms with Gasteiger partial charge < -0.3 is 14.2 Å². The van der Waals surface area contributed by atoms with Gasteiger partial charge in [0.25, 0.3) is 0 Å². The Hall–Kier alpha value is -0.420. The van der Waals surface area contributed by atoms with E-state index in [9.17, 15) is 0 Å². The van der Waals surface area contributed by atoms with Gasteiger partial charge in [0.05, 0.1) is 19.8 Å². The van der Waals surface area contributed by atoms with Crippen molar-refractivity contribution >= 4 is 15.9 Å². The molecule has 0 aliphatic carbocycles. The highest BCUT2D eigenvalue weighted by atomic mass is 79.9. The molecule has 1 rings (SSSR count). The van der Waals surface area contributed by atoms with Crippen LogP contribution in [0.1, 0.15) is 188 Å². The largest absolute Gasteiger partial charge is 0.379 e. The minimum absolute atomic E-state index is 0.0114. The van der Waals surface area contributed by atoms with Gasteiger partial charge in [0, 0.05) is 18.5 Å². The Morgan fingerprint density at radius 3 is 1.43 bits per heavy atom. The zero-order valence-electron chi connectivity index (χ0n) is 33.4. The van der Waals surface area contributed by atoms with Gasteiger partial charge in [0.15, 0.2) is 0 Å². The molecule has 1 aromatic carbocycles. The zero-order chi connectivity index (χ0) is 35.6. The van der Waals surface area contributed by atoms with Gasteiger partial charge in [0.1, 0.15) is 6.10 Å². The maximum atomic E-state index is 6.31. The van der Waals surface area contributed by atoms with E-state index in [-0.39, 0.29) is 6.10 Å². The van der Waals surface area contributed by atoms with Crippen molar-refractivity contribution in [1.82, 2.24) is 0 Å². The predicted octanol–water partition coefficient (Wildman–Crippen LogP) is 14.5. The summed E-state index contributed by atoms with van der Waals surface area (Å²) in [5, 5.41) is 1.16. The maximum Gasteiger partial charge on any atom is 0.104 e. The van der Waals surface area contributed by atoms with Gasteiger partial charge in [-0.15, -0.1) is 0 Å². The molecular weight excluding hydrogens is 668 g/mol. The molecule has 49 heavy (non-hydrogen) atoms. The summed E-state index contributed by atoms with van der Waals surface area (Å²) in [5.74, 6) is 3.33. The van der Waals surface area contributed by atoms with Crippen molar-refractivity contribution in [2.75, 3.05) is 31.8 Å². The van der Waals surface area contributed by atoms with E-state index in [0.29, 0.717) is 19.8 Å². The Bertz CT molecular complexity index is 787. The van der Waals surface area contributed by atoms with Crippen LogP contribution in [0.2, 0.25) is 0 Å². The number of benzene rings is 1. The minimum atomic E-state index is 0.0114. The Labute approximate surface area is 315 Å². The summed E-state index contributed by atoms with van der Waals surface area (Å²) in [6, 6.07) is 10.4. The summed E-state index contributed by atoms with van der Waals surface area (Å²) in [4.78, 5) is 0. The first-order valence-corrected chi connectivity index (χ1v) is 22.4. The summed E-state index contributed by atoms with van der Waals surface area (Å²) in [7, 11) is 0. The zero-order valence-corrected chi connectivity index (χ0v) is 35.0. The third kappa shape index (κ3) is 32.0. The van der Waals surface area contributed by atoms with Crippen molar-refractivity contribution in [3.63, 3.8) is 0 Å². The Balaban J connectivity index is 2.15. The van der Waals surface area contributed by atoms with Crippen molar-refractivity contribution in [3.8, 4) is 0 Å². The molecule has 0 spiro atoms. The van der Waals surface area contributed by atoms with Crippen molar-refractivity contribution in [1.29, 1.82) is 0 Å². The van der Waals surface area contributed by atoms with Gasteiger partial charge in [-0.05, 0) is 48.5 Å². The van der Waals surface area contributed by atoms with Crippen molar-refractivity contribution in [2.45, 2.75) is 195 Å². The fraction of sp³-hybridized carbons (Fsp3) is 0.867. The highest BCUT2D eigenvalue weighted by molar-refractivity contribution is 9.09. The summed E-state index contributed by atoms with van der Waals surface area (Å²) >= 11 is 3.53. The molecule has 0 N–H and O–H groups in total. The van der Waals surface area contributed by atoms with Gasteiger partial charge in [-0.2, -0.15) is 0 Å². The Morgan fingerprint density at radius 1 is 0.469 bits per heavy atom. The molecule has 4 unspecified atom stereocenters. The molecule has 0 amide bonds. The van der Waals surface area contributed by atoms with Crippen molar-refractivity contribution in [2.24, 2.45) is 23.7 Å². The third-order valence-electron chi connectivity index (χ3n) is 10.4. The van der Waals surface area contributed by atoms with Crippen LogP contribution < -0.4 is 0 Å². The van der Waals surface area contributed by atoms with Crippen LogP contribution in [-0.4, -0.2) is 37.9 Å². The van der Waals surface area contributed by atoms with Gasteiger partial charge >= 0.3 is 0 Å². The second-order valence-electron chi connectivity index (χ2n) is 16.1. The molecule has 0 aliphatic heterocycles. The molecule has 3 nitrogen and oxygen atoms in total. The van der Waals surface area contributed by atoms with Crippen LogP contribution in [0.25, 0.3) is 0 Å². The van der Waals surface area contributed by atoms with Gasteiger partial charge in [-0.1, -0.05) is 209 Å². The van der Waals surface area contributed by atoms with E-state index in [1.807, 2.05) is 0 Å². The molecule has 0 bridgehead atoms. The molecule has 0 saturated heterocycles. The number of alkyl halides is 1.